The number of anilines is 2. The van der Waals surface area contributed by atoms with Crippen molar-refractivity contribution in [3.63, 3.8) is 0 Å². The summed E-state index contributed by atoms with van der Waals surface area (Å²) in [4.78, 5) is 15.1. The topological polar surface area (TPSA) is 63.2 Å². The van der Waals surface area contributed by atoms with Crippen molar-refractivity contribution in [1.82, 2.24) is 15.0 Å². The lowest BCUT2D eigenvalue weighted by Crippen LogP contribution is -2.30. The molecule has 1 fully saturated rings. The Morgan fingerprint density at radius 3 is 2.61 bits per heavy atom. The molecule has 0 bridgehead atoms. The van der Waals surface area contributed by atoms with Crippen molar-refractivity contribution >= 4 is 11.9 Å². The van der Waals surface area contributed by atoms with Crippen LogP contribution in [-0.4, -0.2) is 41.7 Å². The van der Waals surface area contributed by atoms with E-state index < -0.39 is 0 Å². The predicted octanol–water partition coefficient (Wildman–Crippen LogP) is 1.69. The van der Waals surface area contributed by atoms with Gasteiger partial charge in [0.25, 0.3) is 0 Å². The van der Waals surface area contributed by atoms with Gasteiger partial charge in [0, 0.05) is 19.6 Å². The van der Waals surface area contributed by atoms with Crippen LogP contribution in [0.5, 0.6) is 6.01 Å². The number of methoxy groups -OCH3 is 1. The third kappa shape index (κ3) is 2.80. The molecule has 18 heavy (non-hydrogen) atoms. The Bertz CT molecular complexity index is 392. The fraction of sp³-hybridized carbons (Fsp3) is 0.750. The Hall–Kier alpha value is -1.59. The van der Waals surface area contributed by atoms with Gasteiger partial charge in [-0.15, -0.1) is 0 Å². The number of rotatable bonds is 5. The van der Waals surface area contributed by atoms with Crippen LogP contribution >= 0.6 is 0 Å². The van der Waals surface area contributed by atoms with Crippen LogP contribution in [0.2, 0.25) is 0 Å². The highest BCUT2D eigenvalue weighted by atomic mass is 16.5. The molecule has 1 saturated carbocycles. The largest absolute Gasteiger partial charge is 0.467 e. The number of nitrogens with zero attached hydrogens (tertiary/aromatic N) is 4. The second-order valence-corrected chi connectivity index (χ2v) is 4.53. The molecule has 1 N–H and O–H groups in total. The zero-order chi connectivity index (χ0) is 13.0. The molecule has 0 spiro atoms. The van der Waals surface area contributed by atoms with Crippen LogP contribution in [0.1, 0.15) is 32.6 Å². The lowest BCUT2D eigenvalue weighted by molar-refractivity contribution is 0.378. The quantitative estimate of drug-likeness (QED) is 0.859. The van der Waals surface area contributed by atoms with Gasteiger partial charge >= 0.3 is 6.01 Å². The predicted molar refractivity (Wildman–Crippen MR) is 71.2 cm³/mol. The molecule has 0 unspecified atom stereocenters. The normalized spacial score (nSPS) is 15.7. The average Bonchev–Trinajstić information content (AvgIpc) is 2.91. The summed E-state index contributed by atoms with van der Waals surface area (Å²) in [5, 5.41) is 3.10. The maximum absolute atomic E-state index is 5.13. The second-order valence-electron chi connectivity index (χ2n) is 4.53. The van der Waals surface area contributed by atoms with Crippen molar-refractivity contribution in [2.45, 2.75) is 38.6 Å². The minimum Gasteiger partial charge on any atom is -0.467 e. The molecule has 1 aliphatic rings. The van der Waals surface area contributed by atoms with E-state index in [0.717, 1.165) is 6.54 Å². The first-order valence-electron chi connectivity index (χ1n) is 6.51. The summed E-state index contributed by atoms with van der Waals surface area (Å²) in [5.74, 6) is 1.26. The Balaban J connectivity index is 2.21. The molecule has 100 valence electrons. The van der Waals surface area contributed by atoms with Gasteiger partial charge in [0.15, 0.2) is 0 Å². The van der Waals surface area contributed by atoms with Crippen LogP contribution in [0.15, 0.2) is 0 Å². The molecule has 0 atom stereocenters. The van der Waals surface area contributed by atoms with E-state index in [1.807, 2.05) is 14.0 Å². The molecule has 1 aromatic heterocycles. The molecule has 1 aromatic rings. The van der Waals surface area contributed by atoms with Gasteiger partial charge in [-0.05, 0) is 19.8 Å². The molecule has 0 aromatic carbocycles. The standard InChI is InChI=1S/C12H21N5O/c1-4-13-10-14-11(16-12(15-10)18-3)17(2)9-7-5-6-8-9/h9H,4-8H2,1-3H3,(H,13,14,15,16). The number of hydrogen-bond acceptors (Lipinski definition) is 6. The number of hydrogen-bond donors (Lipinski definition) is 1. The van der Waals surface area contributed by atoms with E-state index in [0.29, 0.717) is 23.9 Å². The fourth-order valence-electron chi connectivity index (χ4n) is 2.29. The summed E-state index contributed by atoms with van der Waals surface area (Å²) in [7, 11) is 3.62. The van der Waals surface area contributed by atoms with E-state index in [1.165, 1.54) is 25.7 Å². The van der Waals surface area contributed by atoms with Crippen LogP contribution in [0.4, 0.5) is 11.9 Å². The number of aromatic nitrogens is 3. The summed E-state index contributed by atoms with van der Waals surface area (Å²) >= 11 is 0. The SMILES string of the molecule is CCNc1nc(OC)nc(N(C)C2CCCC2)n1. The summed E-state index contributed by atoms with van der Waals surface area (Å²) in [6.07, 6.45) is 5.00. The highest BCUT2D eigenvalue weighted by molar-refractivity contribution is 5.38. The summed E-state index contributed by atoms with van der Waals surface area (Å²) in [5.41, 5.74) is 0. The lowest BCUT2D eigenvalue weighted by atomic mass is 10.2. The van der Waals surface area contributed by atoms with Crippen LogP contribution in [0.3, 0.4) is 0 Å². The molecule has 0 saturated heterocycles. The smallest absolute Gasteiger partial charge is 0.322 e. The van der Waals surface area contributed by atoms with Crippen LogP contribution in [0.25, 0.3) is 0 Å². The van der Waals surface area contributed by atoms with Crippen molar-refractivity contribution in [2.75, 3.05) is 30.9 Å². The minimum absolute atomic E-state index is 0.362. The molecule has 1 heterocycles. The van der Waals surface area contributed by atoms with E-state index in [4.69, 9.17) is 4.74 Å². The zero-order valence-corrected chi connectivity index (χ0v) is 11.3. The van der Waals surface area contributed by atoms with Gasteiger partial charge in [-0.2, -0.15) is 15.0 Å². The molecular formula is C12H21N5O. The Morgan fingerprint density at radius 1 is 1.28 bits per heavy atom. The van der Waals surface area contributed by atoms with E-state index in [9.17, 15) is 0 Å². The molecule has 0 radical (unpaired) electrons. The van der Waals surface area contributed by atoms with Gasteiger partial charge < -0.3 is 15.0 Å². The number of ether oxygens (including phenoxy) is 1. The number of nitrogens with one attached hydrogen (secondary N) is 1. The van der Waals surface area contributed by atoms with E-state index in [1.54, 1.807) is 7.11 Å². The molecule has 0 aliphatic heterocycles. The Labute approximate surface area is 108 Å². The van der Waals surface area contributed by atoms with Crippen LogP contribution in [-0.2, 0) is 0 Å². The molecule has 0 amide bonds. The van der Waals surface area contributed by atoms with E-state index >= 15 is 0 Å². The van der Waals surface area contributed by atoms with Crippen molar-refractivity contribution in [2.24, 2.45) is 0 Å². The average molecular weight is 251 g/mol. The first kappa shape index (κ1) is 12.9. The summed E-state index contributed by atoms with van der Waals surface area (Å²) in [6.45, 7) is 2.79. The van der Waals surface area contributed by atoms with Gasteiger partial charge in [-0.3, -0.25) is 0 Å². The van der Waals surface area contributed by atoms with Gasteiger partial charge in [0.1, 0.15) is 0 Å². The van der Waals surface area contributed by atoms with Gasteiger partial charge in [0.2, 0.25) is 11.9 Å². The second kappa shape index (κ2) is 5.84. The van der Waals surface area contributed by atoms with E-state index in [2.05, 4.69) is 25.2 Å². The maximum atomic E-state index is 5.13. The lowest BCUT2D eigenvalue weighted by Gasteiger charge is -2.24. The zero-order valence-electron chi connectivity index (χ0n) is 11.3. The van der Waals surface area contributed by atoms with Crippen molar-refractivity contribution < 1.29 is 4.74 Å². The summed E-state index contributed by atoms with van der Waals surface area (Å²) in [6, 6.07) is 0.896. The van der Waals surface area contributed by atoms with Crippen molar-refractivity contribution in [3.05, 3.63) is 0 Å². The third-order valence-corrected chi connectivity index (χ3v) is 3.31. The van der Waals surface area contributed by atoms with Crippen LogP contribution < -0.4 is 15.0 Å². The summed E-state index contributed by atoms with van der Waals surface area (Å²) < 4.78 is 5.13. The first-order chi connectivity index (χ1) is 8.74. The van der Waals surface area contributed by atoms with Gasteiger partial charge in [-0.1, -0.05) is 12.8 Å². The molecule has 6 nitrogen and oxygen atoms in total. The third-order valence-electron chi connectivity index (χ3n) is 3.31. The Kier molecular flexibility index (Phi) is 4.17. The maximum Gasteiger partial charge on any atom is 0.322 e. The molecule has 6 heteroatoms. The van der Waals surface area contributed by atoms with Gasteiger partial charge in [0.05, 0.1) is 7.11 Å². The van der Waals surface area contributed by atoms with Crippen molar-refractivity contribution in [3.8, 4) is 6.01 Å². The van der Waals surface area contributed by atoms with E-state index in [-0.39, 0.29) is 0 Å². The highest BCUT2D eigenvalue weighted by Crippen LogP contribution is 2.26. The first-order valence-corrected chi connectivity index (χ1v) is 6.51. The highest BCUT2D eigenvalue weighted by Gasteiger charge is 2.22. The fourth-order valence-corrected chi connectivity index (χ4v) is 2.29. The molecular weight excluding hydrogens is 230 g/mol. The monoisotopic (exact) mass is 251 g/mol. The minimum atomic E-state index is 0.362. The van der Waals surface area contributed by atoms with Crippen LogP contribution in [0, 0.1) is 0 Å². The molecule has 1 aliphatic carbocycles. The van der Waals surface area contributed by atoms with Crippen molar-refractivity contribution in [1.29, 1.82) is 0 Å². The molecule has 2 rings (SSSR count). The Morgan fingerprint density at radius 2 is 2.00 bits per heavy atom. The van der Waals surface area contributed by atoms with Gasteiger partial charge in [-0.25, -0.2) is 0 Å².